The van der Waals surface area contributed by atoms with Gasteiger partial charge in [-0.1, -0.05) is 30.3 Å². The first-order valence-electron chi connectivity index (χ1n) is 8.56. The molecule has 1 aromatic heterocycles. The Hall–Kier alpha value is -3.39. The summed E-state index contributed by atoms with van der Waals surface area (Å²) in [7, 11) is 0. The molecule has 1 saturated heterocycles. The van der Waals surface area contributed by atoms with E-state index < -0.39 is 23.5 Å². The van der Waals surface area contributed by atoms with Crippen molar-refractivity contribution in [3.63, 3.8) is 0 Å². The maximum absolute atomic E-state index is 13.1. The quantitative estimate of drug-likeness (QED) is 0.312. The van der Waals surface area contributed by atoms with Crippen molar-refractivity contribution >= 4 is 50.6 Å². The molecule has 1 fully saturated rings. The van der Waals surface area contributed by atoms with Crippen LogP contribution >= 0.6 is 11.3 Å². The summed E-state index contributed by atoms with van der Waals surface area (Å²) < 4.78 is 0.846. The summed E-state index contributed by atoms with van der Waals surface area (Å²) in [6, 6.07) is 12.7. The molecule has 1 atom stereocenters. The highest BCUT2D eigenvalue weighted by Gasteiger charge is 2.48. The number of nitrogens with two attached hydrogens (primary N) is 1. The number of benzene rings is 2. The fraction of sp³-hybridized carbons (Fsp3) is 0.150. The largest absolute Gasteiger partial charge is 0.323 e. The third-order valence-corrected chi connectivity index (χ3v) is 5.83. The summed E-state index contributed by atoms with van der Waals surface area (Å²) >= 11 is 1.24. The lowest BCUT2D eigenvalue weighted by molar-refractivity contribution is -0.139. The first-order valence-corrected chi connectivity index (χ1v) is 9.37. The maximum Gasteiger partial charge on any atom is 0.302 e. The van der Waals surface area contributed by atoms with Crippen molar-refractivity contribution in [1.82, 2.24) is 4.98 Å². The molecular weight excluding hydrogens is 376 g/mol. The van der Waals surface area contributed by atoms with Crippen molar-refractivity contribution < 1.29 is 14.4 Å². The van der Waals surface area contributed by atoms with Gasteiger partial charge < -0.3 is 5.84 Å². The van der Waals surface area contributed by atoms with Gasteiger partial charge in [0.15, 0.2) is 0 Å². The fourth-order valence-electron chi connectivity index (χ4n) is 3.42. The highest BCUT2D eigenvalue weighted by Crippen LogP contribution is 2.35. The summed E-state index contributed by atoms with van der Waals surface area (Å²) in [6.45, 7) is 3.54. The number of hydrogen-bond acceptors (Lipinski definition) is 7. The molecule has 0 radical (unpaired) electrons. The number of ketones is 1. The SMILES string of the molecule is Cc1cccc(C)c1N1C(=O)C(=O)[C@@H](c2nc3ccccc3s2)/C(=N\N)C1=O. The van der Waals surface area contributed by atoms with Crippen LogP contribution in [0.2, 0.25) is 0 Å². The number of rotatable bonds is 2. The molecule has 0 aliphatic carbocycles. The van der Waals surface area contributed by atoms with Gasteiger partial charge in [0.2, 0.25) is 5.78 Å². The minimum atomic E-state index is -1.19. The van der Waals surface area contributed by atoms with Crippen LogP contribution in [0.25, 0.3) is 10.2 Å². The molecule has 2 heterocycles. The number of Topliss-reactive ketones (excluding diaryl/α,β-unsaturated/α-hetero) is 1. The number of para-hydroxylation sites is 2. The molecule has 140 valence electrons. The number of fused-ring (bicyclic) bond motifs is 1. The van der Waals surface area contributed by atoms with Gasteiger partial charge in [0, 0.05) is 0 Å². The third kappa shape index (κ3) is 2.61. The lowest BCUT2D eigenvalue weighted by atomic mass is 9.91. The number of aryl methyl sites for hydroxylation is 2. The van der Waals surface area contributed by atoms with Crippen molar-refractivity contribution in [2.45, 2.75) is 19.8 Å². The predicted octanol–water partition coefficient (Wildman–Crippen LogP) is 2.45. The van der Waals surface area contributed by atoms with E-state index in [9.17, 15) is 14.4 Å². The Bertz CT molecular complexity index is 1130. The van der Waals surface area contributed by atoms with E-state index in [2.05, 4.69) is 10.1 Å². The number of carbonyl (C=O) groups is 3. The Morgan fingerprint density at radius 3 is 2.32 bits per heavy atom. The number of anilines is 1. The van der Waals surface area contributed by atoms with Crippen LogP contribution in [0.5, 0.6) is 0 Å². The minimum Gasteiger partial charge on any atom is -0.323 e. The second kappa shape index (κ2) is 6.65. The van der Waals surface area contributed by atoms with Crippen molar-refractivity contribution in [3.8, 4) is 0 Å². The molecule has 28 heavy (non-hydrogen) atoms. The average molecular weight is 392 g/mol. The Kier molecular flexibility index (Phi) is 4.27. The van der Waals surface area contributed by atoms with Crippen LogP contribution in [0, 0.1) is 13.8 Å². The van der Waals surface area contributed by atoms with E-state index in [1.807, 2.05) is 24.3 Å². The lowest BCUT2D eigenvalue weighted by Gasteiger charge is -2.30. The smallest absolute Gasteiger partial charge is 0.302 e. The summed E-state index contributed by atoms with van der Waals surface area (Å²) in [5, 5.41) is 3.93. The Morgan fingerprint density at radius 2 is 1.68 bits per heavy atom. The van der Waals surface area contributed by atoms with Crippen LogP contribution in [0.3, 0.4) is 0 Å². The summed E-state index contributed by atoms with van der Waals surface area (Å²) in [5.41, 5.74) is 2.28. The highest BCUT2D eigenvalue weighted by molar-refractivity contribution is 7.19. The van der Waals surface area contributed by atoms with Gasteiger partial charge in [-0.15, -0.1) is 11.3 Å². The average Bonchev–Trinajstić information content (AvgIpc) is 3.10. The molecular formula is C20H16N4O3S. The van der Waals surface area contributed by atoms with Crippen LogP contribution in [0.15, 0.2) is 47.6 Å². The van der Waals surface area contributed by atoms with Crippen molar-refractivity contribution in [2.24, 2.45) is 10.9 Å². The van der Waals surface area contributed by atoms with Gasteiger partial charge >= 0.3 is 5.91 Å². The molecule has 0 unspecified atom stereocenters. The first kappa shape index (κ1) is 18.0. The Labute approximate surface area is 164 Å². The van der Waals surface area contributed by atoms with Crippen LogP contribution in [-0.4, -0.2) is 28.3 Å². The van der Waals surface area contributed by atoms with E-state index >= 15 is 0 Å². The normalized spacial score (nSPS) is 19.1. The summed E-state index contributed by atoms with van der Waals surface area (Å²) in [6.07, 6.45) is 0. The summed E-state index contributed by atoms with van der Waals surface area (Å²) in [5.74, 6) is 1.93. The zero-order valence-electron chi connectivity index (χ0n) is 15.2. The van der Waals surface area contributed by atoms with E-state index in [1.54, 1.807) is 32.0 Å². The third-order valence-electron chi connectivity index (χ3n) is 4.73. The molecule has 0 spiro atoms. The molecule has 0 bridgehead atoms. The molecule has 0 saturated carbocycles. The second-order valence-corrected chi connectivity index (χ2v) is 7.58. The number of hydrogen-bond donors (Lipinski definition) is 1. The molecule has 2 N–H and O–H groups in total. The molecule has 3 aromatic rings. The summed E-state index contributed by atoms with van der Waals surface area (Å²) in [4.78, 5) is 44.4. The predicted molar refractivity (Wildman–Crippen MR) is 107 cm³/mol. The van der Waals surface area contributed by atoms with Gasteiger partial charge in [-0.2, -0.15) is 5.10 Å². The van der Waals surface area contributed by atoms with Crippen LogP contribution in [-0.2, 0) is 14.4 Å². The van der Waals surface area contributed by atoms with E-state index in [-0.39, 0.29) is 5.71 Å². The van der Waals surface area contributed by atoms with Gasteiger partial charge in [-0.05, 0) is 37.1 Å². The van der Waals surface area contributed by atoms with Gasteiger partial charge in [-0.3, -0.25) is 14.4 Å². The lowest BCUT2D eigenvalue weighted by Crippen LogP contribution is -2.55. The molecule has 4 rings (SSSR count). The highest BCUT2D eigenvalue weighted by atomic mass is 32.1. The number of carbonyl (C=O) groups excluding carboxylic acids is 3. The molecule has 1 aliphatic rings. The Morgan fingerprint density at radius 1 is 1.00 bits per heavy atom. The number of aromatic nitrogens is 1. The number of amides is 2. The van der Waals surface area contributed by atoms with Gasteiger partial charge in [-0.25, -0.2) is 9.88 Å². The molecule has 2 aromatic carbocycles. The molecule has 8 heteroatoms. The topological polar surface area (TPSA) is 106 Å². The number of thiazole rings is 1. The zero-order valence-corrected chi connectivity index (χ0v) is 16.0. The van der Waals surface area contributed by atoms with Crippen LogP contribution < -0.4 is 10.7 Å². The van der Waals surface area contributed by atoms with Gasteiger partial charge in [0.05, 0.1) is 15.9 Å². The van der Waals surface area contributed by atoms with Gasteiger partial charge in [0.1, 0.15) is 16.6 Å². The minimum absolute atomic E-state index is 0.189. The number of nitrogens with zero attached hydrogens (tertiary/aromatic N) is 3. The van der Waals surface area contributed by atoms with Crippen LogP contribution in [0.4, 0.5) is 5.69 Å². The number of hydrazone groups is 1. The van der Waals surface area contributed by atoms with Crippen molar-refractivity contribution in [1.29, 1.82) is 0 Å². The van der Waals surface area contributed by atoms with Crippen molar-refractivity contribution in [2.75, 3.05) is 4.90 Å². The fourth-order valence-corrected chi connectivity index (χ4v) is 4.49. The van der Waals surface area contributed by atoms with Crippen molar-refractivity contribution in [3.05, 3.63) is 58.6 Å². The van der Waals surface area contributed by atoms with E-state index in [1.165, 1.54) is 11.3 Å². The molecule has 2 amide bonds. The maximum atomic E-state index is 13.1. The standard InChI is InChI=1S/C20H16N4O3S/c1-10-6-5-7-11(2)16(10)24-19(26)15(23-21)14(17(25)20(24)27)18-22-12-8-3-4-9-13(12)28-18/h3-9,14H,21H2,1-2H3/b23-15+/t14-/m0/s1. The van der Waals surface area contributed by atoms with Crippen LogP contribution in [0.1, 0.15) is 22.1 Å². The first-order chi connectivity index (χ1) is 13.4. The Balaban J connectivity index is 1.85. The zero-order chi connectivity index (χ0) is 20.0. The number of piperidine rings is 1. The molecule has 1 aliphatic heterocycles. The van der Waals surface area contributed by atoms with Gasteiger partial charge in [0.25, 0.3) is 5.91 Å². The monoisotopic (exact) mass is 392 g/mol. The van der Waals surface area contributed by atoms with E-state index in [4.69, 9.17) is 5.84 Å². The molecule has 7 nitrogen and oxygen atoms in total. The number of imide groups is 1. The van der Waals surface area contributed by atoms with E-state index in [0.29, 0.717) is 27.3 Å². The van der Waals surface area contributed by atoms with E-state index in [0.717, 1.165) is 9.60 Å². The second-order valence-electron chi connectivity index (χ2n) is 6.52.